The van der Waals surface area contributed by atoms with Gasteiger partial charge in [0.25, 0.3) is 6.43 Å². The largest absolute Gasteiger partial charge is 0.263 e. The molecule has 2 nitrogen and oxygen atoms in total. The number of hydrogen-bond acceptors (Lipinski definition) is 2. The normalized spacial score (nSPS) is 9.85. The molecule has 5 heteroatoms. The van der Waals surface area contributed by atoms with Gasteiger partial charge in [0.15, 0.2) is 0 Å². The molecule has 1 aromatic carbocycles. The van der Waals surface area contributed by atoms with E-state index >= 15 is 0 Å². The second-order valence-electron chi connectivity index (χ2n) is 2.21. The van der Waals surface area contributed by atoms with Crippen molar-refractivity contribution < 1.29 is 18.0 Å². The van der Waals surface area contributed by atoms with Crippen molar-refractivity contribution in [2.24, 2.45) is 4.99 Å². The molecule has 0 bridgehead atoms. The van der Waals surface area contributed by atoms with Gasteiger partial charge in [0.05, 0.1) is 0 Å². The number of aliphatic imine (C=N–C) groups is 1. The van der Waals surface area contributed by atoms with Crippen molar-refractivity contribution in [2.45, 2.75) is 6.43 Å². The van der Waals surface area contributed by atoms with Gasteiger partial charge in [-0.3, -0.25) is 0 Å². The van der Waals surface area contributed by atoms with Gasteiger partial charge in [0, 0.05) is 5.56 Å². The highest BCUT2D eigenvalue weighted by Gasteiger charge is 2.09. The molecule has 0 unspecified atom stereocenters. The molecule has 1 rings (SSSR count). The lowest BCUT2D eigenvalue weighted by Crippen LogP contribution is -1.85. The van der Waals surface area contributed by atoms with E-state index in [-0.39, 0.29) is 5.69 Å². The van der Waals surface area contributed by atoms with E-state index in [9.17, 15) is 18.0 Å². The van der Waals surface area contributed by atoms with Crippen molar-refractivity contribution >= 4 is 11.8 Å². The second kappa shape index (κ2) is 3.87. The van der Waals surface area contributed by atoms with Gasteiger partial charge < -0.3 is 0 Å². The summed E-state index contributed by atoms with van der Waals surface area (Å²) in [5.41, 5.74) is -0.734. The van der Waals surface area contributed by atoms with Crippen molar-refractivity contribution in [1.82, 2.24) is 0 Å². The Morgan fingerprint density at radius 2 is 2.08 bits per heavy atom. The third kappa shape index (κ3) is 2.16. The van der Waals surface area contributed by atoms with E-state index in [0.29, 0.717) is 6.07 Å². The maximum Gasteiger partial charge on any atom is 0.263 e. The Labute approximate surface area is 71.7 Å². The fraction of sp³-hybridized carbons (Fsp3) is 0.125. The first-order valence-electron chi connectivity index (χ1n) is 3.30. The minimum Gasteiger partial charge on any atom is -0.211 e. The Hall–Kier alpha value is -1.61. The van der Waals surface area contributed by atoms with Crippen LogP contribution in [0.15, 0.2) is 23.2 Å². The molecule has 68 valence electrons. The monoisotopic (exact) mass is 187 g/mol. The average molecular weight is 187 g/mol. The Bertz CT molecular complexity index is 358. The summed E-state index contributed by atoms with van der Waals surface area (Å²) in [6.07, 6.45) is -1.61. The smallest absolute Gasteiger partial charge is 0.211 e. The number of benzene rings is 1. The van der Waals surface area contributed by atoms with Crippen LogP contribution < -0.4 is 0 Å². The predicted octanol–water partition coefficient (Wildman–Crippen LogP) is 2.73. The van der Waals surface area contributed by atoms with Crippen molar-refractivity contribution in [3.8, 4) is 0 Å². The third-order valence-electron chi connectivity index (χ3n) is 1.39. The summed E-state index contributed by atoms with van der Waals surface area (Å²) >= 11 is 0. The molecule has 13 heavy (non-hydrogen) atoms. The summed E-state index contributed by atoms with van der Waals surface area (Å²) in [5, 5.41) is 0. The molecule has 0 aliphatic rings. The van der Waals surface area contributed by atoms with E-state index in [1.54, 1.807) is 0 Å². The van der Waals surface area contributed by atoms with Gasteiger partial charge in [-0.15, -0.1) is 0 Å². The molecule has 0 saturated heterocycles. The van der Waals surface area contributed by atoms with Gasteiger partial charge in [-0.2, -0.15) is 4.99 Å². The predicted molar refractivity (Wildman–Crippen MR) is 39.1 cm³/mol. The lowest BCUT2D eigenvalue weighted by atomic mass is 10.2. The van der Waals surface area contributed by atoms with Crippen LogP contribution in [0.4, 0.5) is 18.9 Å². The van der Waals surface area contributed by atoms with Crippen LogP contribution in [-0.4, -0.2) is 6.08 Å². The molecule has 0 spiro atoms. The summed E-state index contributed by atoms with van der Waals surface area (Å²) in [5.74, 6) is -0.957. The van der Waals surface area contributed by atoms with Crippen molar-refractivity contribution in [2.75, 3.05) is 0 Å². The van der Waals surface area contributed by atoms with E-state index in [4.69, 9.17) is 0 Å². The van der Waals surface area contributed by atoms with Crippen molar-refractivity contribution in [3.63, 3.8) is 0 Å². The van der Waals surface area contributed by atoms with Crippen LogP contribution in [0.2, 0.25) is 0 Å². The number of alkyl halides is 2. The Morgan fingerprint density at radius 1 is 1.38 bits per heavy atom. The highest BCUT2D eigenvalue weighted by atomic mass is 19.3. The zero-order valence-corrected chi connectivity index (χ0v) is 6.30. The van der Waals surface area contributed by atoms with E-state index in [2.05, 4.69) is 4.99 Å². The Morgan fingerprint density at radius 3 is 2.54 bits per heavy atom. The number of hydrogen-bond donors (Lipinski definition) is 0. The van der Waals surface area contributed by atoms with Gasteiger partial charge in [0.2, 0.25) is 6.08 Å². The van der Waals surface area contributed by atoms with Crippen LogP contribution in [0.5, 0.6) is 0 Å². The lowest BCUT2D eigenvalue weighted by Gasteiger charge is -1.99. The minimum absolute atomic E-state index is 0.292. The van der Waals surface area contributed by atoms with Gasteiger partial charge in [0.1, 0.15) is 11.5 Å². The standard InChI is InChI=1S/C8H4F3NO/c9-6-3-5(8(10)11)1-2-7(6)12-4-13/h1-3,8H. The molecular weight excluding hydrogens is 183 g/mol. The van der Waals surface area contributed by atoms with E-state index in [1.807, 2.05) is 0 Å². The van der Waals surface area contributed by atoms with E-state index in [1.165, 1.54) is 0 Å². The van der Waals surface area contributed by atoms with Gasteiger partial charge in [-0.25, -0.2) is 18.0 Å². The average Bonchev–Trinajstić information content (AvgIpc) is 2.08. The summed E-state index contributed by atoms with van der Waals surface area (Å²) in [4.78, 5) is 12.7. The quantitative estimate of drug-likeness (QED) is 0.517. The molecule has 0 atom stereocenters. The SMILES string of the molecule is O=C=Nc1ccc(C(F)F)cc1F. The molecule has 0 radical (unpaired) electrons. The van der Waals surface area contributed by atoms with E-state index < -0.39 is 17.8 Å². The van der Waals surface area contributed by atoms with Crippen LogP contribution in [0, 0.1) is 5.82 Å². The van der Waals surface area contributed by atoms with Crippen LogP contribution in [0.3, 0.4) is 0 Å². The van der Waals surface area contributed by atoms with Gasteiger partial charge >= 0.3 is 0 Å². The molecule has 0 aliphatic carbocycles. The maximum atomic E-state index is 12.8. The zero-order chi connectivity index (χ0) is 9.84. The number of carbonyl (C=O) groups excluding carboxylic acids is 1. The molecule has 0 aromatic heterocycles. The maximum absolute atomic E-state index is 12.8. The Balaban J connectivity index is 3.12. The highest BCUT2D eigenvalue weighted by molar-refractivity contribution is 5.50. The Kier molecular flexibility index (Phi) is 2.82. The second-order valence-corrected chi connectivity index (χ2v) is 2.21. The van der Waals surface area contributed by atoms with Crippen LogP contribution in [-0.2, 0) is 4.79 Å². The van der Waals surface area contributed by atoms with Gasteiger partial charge in [-0.05, 0) is 12.1 Å². The number of isocyanates is 1. The fourth-order valence-corrected chi connectivity index (χ4v) is 0.799. The molecule has 0 amide bonds. The molecule has 0 saturated carbocycles. The summed E-state index contributed by atoms with van der Waals surface area (Å²) in [6, 6.07) is 2.65. The number of rotatable bonds is 2. The van der Waals surface area contributed by atoms with E-state index in [0.717, 1.165) is 18.2 Å². The molecular formula is C8H4F3NO. The minimum atomic E-state index is -2.73. The fourth-order valence-electron chi connectivity index (χ4n) is 0.799. The van der Waals surface area contributed by atoms with Gasteiger partial charge in [-0.1, -0.05) is 6.07 Å². The summed E-state index contributed by atoms with van der Waals surface area (Å²) < 4.78 is 36.8. The molecule has 0 N–H and O–H groups in total. The summed E-state index contributed by atoms with van der Waals surface area (Å²) in [6.45, 7) is 0. The molecule has 0 fully saturated rings. The third-order valence-corrected chi connectivity index (χ3v) is 1.39. The molecule has 0 heterocycles. The van der Waals surface area contributed by atoms with Crippen molar-refractivity contribution in [1.29, 1.82) is 0 Å². The first-order chi connectivity index (χ1) is 6.15. The molecule has 0 aliphatic heterocycles. The van der Waals surface area contributed by atoms with Crippen LogP contribution >= 0.6 is 0 Å². The summed E-state index contributed by atoms with van der Waals surface area (Å²) in [7, 11) is 0. The topological polar surface area (TPSA) is 29.4 Å². The van der Waals surface area contributed by atoms with Crippen LogP contribution in [0.25, 0.3) is 0 Å². The first-order valence-corrected chi connectivity index (χ1v) is 3.30. The zero-order valence-electron chi connectivity index (χ0n) is 6.30. The number of halogens is 3. The van der Waals surface area contributed by atoms with Crippen LogP contribution in [0.1, 0.15) is 12.0 Å². The number of nitrogens with zero attached hydrogens (tertiary/aromatic N) is 1. The highest BCUT2D eigenvalue weighted by Crippen LogP contribution is 2.24. The molecule has 1 aromatic rings. The van der Waals surface area contributed by atoms with Crippen molar-refractivity contribution in [3.05, 3.63) is 29.6 Å². The first kappa shape index (κ1) is 9.48. The lowest BCUT2D eigenvalue weighted by molar-refractivity contribution is 0.151.